The number of likely N-dealkylation sites (tertiary alicyclic amines) is 1. The molecular formula is C15H19F3N2O3S. The van der Waals surface area contributed by atoms with Crippen molar-refractivity contribution in [3.8, 4) is 0 Å². The monoisotopic (exact) mass is 364 g/mol. The van der Waals surface area contributed by atoms with Crippen LogP contribution in [0.4, 0.5) is 18.9 Å². The smallest absolute Gasteiger partial charge is 0.232 e. The average Bonchev–Trinajstić information content (AvgIpc) is 2.54. The van der Waals surface area contributed by atoms with E-state index in [0.29, 0.717) is 23.5 Å². The highest BCUT2D eigenvalue weighted by molar-refractivity contribution is 7.92. The molecule has 1 fully saturated rings. The van der Waals surface area contributed by atoms with Gasteiger partial charge in [-0.2, -0.15) is 0 Å². The Hall–Kier alpha value is -1.77. The molecular weight excluding hydrogens is 345 g/mol. The number of nitrogens with zero attached hydrogens (tertiary/aromatic N) is 2. The van der Waals surface area contributed by atoms with E-state index >= 15 is 0 Å². The number of piperidine rings is 1. The Morgan fingerprint density at radius 3 is 2.33 bits per heavy atom. The van der Waals surface area contributed by atoms with Gasteiger partial charge in [0.05, 0.1) is 11.9 Å². The van der Waals surface area contributed by atoms with Gasteiger partial charge >= 0.3 is 0 Å². The summed E-state index contributed by atoms with van der Waals surface area (Å²) in [5.74, 6) is -4.99. The first-order chi connectivity index (χ1) is 11.2. The zero-order valence-electron chi connectivity index (χ0n) is 13.3. The molecule has 1 aliphatic heterocycles. The average molecular weight is 364 g/mol. The van der Waals surface area contributed by atoms with Gasteiger partial charge in [0, 0.05) is 26.1 Å². The van der Waals surface area contributed by atoms with Crippen LogP contribution in [0.15, 0.2) is 12.1 Å². The molecule has 0 aliphatic carbocycles. The summed E-state index contributed by atoms with van der Waals surface area (Å²) in [5, 5.41) is 0. The second kappa shape index (κ2) is 7.42. The Morgan fingerprint density at radius 1 is 1.12 bits per heavy atom. The minimum absolute atomic E-state index is 0.161. The molecule has 0 radical (unpaired) electrons. The number of benzene rings is 1. The lowest BCUT2D eigenvalue weighted by Crippen LogP contribution is -2.39. The van der Waals surface area contributed by atoms with Crippen molar-refractivity contribution in [2.45, 2.75) is 25.7 Å². The Balaban J connectivity index is 2.18. The minimum atomic E-state index is -3.96. The van der Waals surface area contributed by atoms with Gasteiger partial charge < -0.3 is 4.90 Å². The van der Waals surface area contributed by atoms with Crippen LogP contribution < -0.4 is 4.31 Å². The molecule has 1 amide bonds. The van der Waals surface area contributed by atoms with Crippen LogP contribution in [0.1, 0.15) is 25.7 Å². The molecule has 0 spiro atoms. The van der Waals surface area contributed by atoms with Crippen molar-refractivity contribution in [2.24, 2.45) is 0 Å². The van der Waals surface area contributed by atoms with E-state index in [4.69, 9.17) is 0 Å². The van der Waals surface area contributed by atoms with E-state index in [1.165, 1.54) is 0 Å². The first kappa shape index (κ1) is 18.6. The van der Waals surface area contributed by atoms with Crippen LogP contribution >= 0.6 is 0 Å². The van der Waals surface area contributed by atoms with Crippen molar-refractivity contribution in [1.82, 2.24) is 4.90 Å². The molecule has 0 N–H and O–H groups in total. The maximum Gasteiger partial charge on any atom is 0.232 e. The number of amides is 1. The Bertz CT molecular complexity index is 719. The van der Waals surface area contributed by atoms with E-state index in [-0.39, 0.29) is 18.9 Å². The van der Waals surface area contributed by atoms with Gasteiger partial charge in [-0.1, -0.05) is 0 Å². The zero-order valence-corrected chi connectivity index (χ0v) is 14.1. The summed E-state index contributed by atoms with van der Waals surface area (Å²) in [4.78, 5) is 13.8. The van der Waals surface area contributed by atoms with Gasteiger partial charge in [0.2, 0.25) is 15.9 Å². The third kappa shape index (κ3) is 4.19. The Labute approximate surface area is 139 Å². The number of anilines is 1. The van der Waals surface area contributed by atoms with E-state index < -0.39 is 33.2 Å². The van der Waals surface area contributed by atoms with Crippen LogP contribution in [0.3, 0.4) is 0 Å². The van der Waals surface area contributed by atoms with Crippen LogP contribution in [0.2, 0.25) is 0 Å². The molecule has 2 rings (SSSR count). The fraction of sp³-hybridized carbons (Fsp3) is 0.533. The quantitative estimate of drug-likeness (QED) is 0.753. The van der Waals surface area contributed by atoms with Crippen LogP contribution in [0, 0.1) is 17.5 Å². The molecule has 0 unspecified atom stereocenters. The number of sulfonamides is 1. The number of rotatable bonds is 5. The second-order valence-electron chi connectivity index (χ2n) is 5.72. The number of halogens is 3. The summed E-state index contributed by atoms with van der Waals surface area (Å²) >= 11 is 0. The van der Waals surface area contributed by atoms with E-state index in [2.05, 4.69) is 0 Å². The summed E-state index contributed by atoms with van der Waals surface area (Å²) in [6.07, 6.45) is 3.47. The summed E-state index contributed by atoms with van der Waals surface area (Å²) in [5.41, 5.74) is -0.608. The molecule has 1 aromatic rings. The van der Waals surface area contributed by atoms with Crippen molar-refractivity contribution in [3.05, 3.63) is 29.6 Å². The summed E-state index contributed by atoms with van der Waals surface area (Å²) in [6, 6.07) is 1.50. The van der Waals surface area contributed by atoms with E-state index in [9.17, 15) is 26.4 Å². The summed E-state index contributed by atoms with van der Waals surface area (Å²) < 4.78 is 64.7. The fourth-order valence-electron chi connectivity index (χ4n) is 2.67. The second-order valence-corrected chi connectivity index (χ2v) is 7.63. The van der Waals surface area contributed by atoms with E-state index in [0.717, 1.165) is 31.6 Å². The lowest BCUT2D eigenvalue weighted by molar-refractivity contribution is -0.131. The SMILES string of the molecule is CS(=O)(=O)N(CCC(=O)N1CCCCC1)c1ccc(F)c(F)c1F. The highest BCUT2D eigenvalue weighted by Gasteiger charge is 2.26. The molecule has 0 saturated carbocycles. The van der Waals surface area contributed by atoms with Crippen molar-refractivity contribution in [2.75, 3.05) is 30.2 Å². The van der Waals surface area contributed by atoms with Crippen molar-refractivity contribution in [1.29, 1.82) is 0 Å². The molecule has 0 atom stereocenters. The molecule has 24 heavy (non-hydrogen) atoms. The Kier molecular flexibility index (Phi) is 5.74. The van der Waals surface area contributed by atoms with Crippen LogP contribution in [-0.2, 0) is 14.8 Å². The fourth-order valence-corrected chi connectivity index (χ4v) is 3.59. The maximum atomic E-state index is 13.9. The molecule has 1 saturated heterocycles. The topological polar surface area (TPSA) is 57.7 Å². The third-order valence-corrected chi connectivity index (χ3v) is 5.10. The number of hydrogen-bond donors (Lipinski definition) is 0. The molecule has 1 aliphatic rings. The molecule has 1 aromatic carbocycles. The van der Waals surface area contributed by atoms with Gasteiger partial charge in [-0.15, -0.1) is 0 Å². The number of hydrogen-bond acceptors (Lipinski definition) is 3. The normalized spacial score (nSPS) is 15.4. The molecule has 1 heterocycles. The molecule has 5 nitrogen and oxygen atoms in total. The van der Waals surface area contributed by atoms with Gasteiger partial charge in [0.1, 0.15) is 0 Å². The zero-order chi connectivity index (χ0) is 17.9. The van der Waals surface area contributed by atoms with E-state index in [1.54, 1.807) is 4.90 Å². The largest absolute Gasteiger partial charge is 0.343 e. The van der Waals surface area contributed by atoms with Crippen LogP contribution in [-0.4, -0.2) is 45.1 Å². The van der Waals surface area contributed by atoms with E-state index in [1.807, 2.05) is 0 Å². The third-order valence-electron chi connectivity index (χ3n) is 3.92. The molecule has 0 aromatic heterocycles. The lowest BCUT2D eigenvalue weighted by Gasteiger charge is -2.28. The summed E-state index contributed by atoms with van der Waals surface area (Å²) in [7, 11) is -3.96. The first-order valence-corrected chi connectivity index (χ1v) is 9.45. The summed E-state index contributed by atoms with van der Waals surface area (Å²) in [6.45, 7) is 0.880. The highest BCUT2D eigenvalue weighted by Crippen LogP contribution is 2.26. The van der Waals surface area contributed by atoms with Gasteiger partial charge in [0.15, 0.2) is 17.5 Å². The predicted molar refractivity (Wildman–Crippen MR) is 83.6 cm³/mol. The maximum absolute atomic E-state index is 13.9. The minimum Gasteiger partial charge on any atom is -0.343 e. The number of carbonyl (C=O) groups excluding carboxylic acids is 1. The first-order valence-electron chi connectivity index (χ1n) is 7.61. The standard InChI is InChI=1S/C15H19F3N2O3S/c1-24(22,23)20(12-6-5-11(16)14(17)15(12)18)10-7-13(21)19-8-3-2-4-9-19/h5-6H,2-4,7-10H2,1H3. The number of carbonyl (C=O) groups is 1. The Morgan fingerprint density at radius 2 is 1.75 bits per heavy atom. The van der Waals surface area contributed by atoms with Gasteiger partial charge in [0.25, 0.3) is 0 Å². The van der Waals surface area contributed by atoms with Gasteiger partial charge in [-0.3, -0.25) is 9.10 Å². The molecule has 9 heteroatoms. The van der Waals surface area contributed by atoms with Crippen molar-refractivity contribution >= 4 is 21.6 Å². The van der Waals surface area contributed by atoms with Gasteiger partial charge in [-0.25, -0.2) is 21.6 Å². The van der Waals surface area contributed by atoms with Crippen molar-refractivity contribution < 1.29 is 26.4 Å². The van der Waals surface area contributed by atoms with Crippen molar-refractivity contribution in [3.63, 3.8) is 0 Å². The predicted octanol–water partition coefficient (Wildman–Crippen LogP) is 2.27. The lowest BCUT2D eigenvalue weighted by atomic mass is 10.1. The van der Waals surface area contributed by atoms with Crippen LogP contribution in [0.25, 0.3) is 0 Å². The molecule has 134 valence electrons. The highest BCUT2D eigenvalue weighted by atomic mass is 32.2. The van der Waals surface area contributed by atoms with Gasteiger partial charge in [-0.05, 0) is 31.4 Å². The van der Waals surface area contributed by atoms with Crippen LogP contribution in [0.5, 0.6) is 0 Å². The molecule has 0 bridgehead atoms.